The van der Waals surface area contributed by atoms with Gasteiger partial charge < -0.3 is 5.32 Å². The lowest BCUT2D eigenvalue weighted by atomic mass is 9.78. The van der Waals surface area contributed by atoms with Crippen LogP contribution in [0.5, 0.6) is 0 Å². The molecule has 2 unspecified atom stereocenters. The summed E-state index contributed by atoms with van der Waals surface area (Å²) in [4.78, 5) is 0. The molecule has 110 valence electrons. The zero-order chi connectivity index (χ0) is 13.8. The van der Waals surface area contributed by atoms with E-state index < -0.39 is 0 Å². The Hall–Kier alpha value is -0.820. The second-order valence-electron chi connectivity index (χ2n) is 6.80. The van der Waals surface area contributed by atoms with Crippen molar-refractivity contribution >= 4 is 0 Å². The van der Waals surface area contributed by atoms with E-state index >= 15 is 0 Å². The Morgan fingerprint density at radius 2 is 1.85 bits per heavy atom. The van der Waals surface area contributed by atoms with Gasteiger partial charge in [-0.2, -0.15) is 0 Å². The summed E-state index contributed by atoms with van der Waals surface area (Å²) in [5.41, 5.74) is 3.23. The molecule has 0 radical (unpaired) electrons. The Labute approximate surface area is 124 Å². The molecule has 3 rings (SSSR count). The minimum absolute atomic E-state index is 0.805. The summed E-state index contributed by atoms with van der Waals surface area (Å²) < 4.78 is 0. The quantitative estimate of drug-likeness (QED) is 0.730. The Morgan fingerprint density at radius 3 is 2.60 bits per heavy atom. The molecule has 2 atom stereocenters. The van der Waals surface area contributed by atoms with E-state index in [-0.39, 0.29) is 0 Å². The van der Waals surface area contributed by atoms with Crippen molar-refractivity contribution in [2.75, 3.05) is 13.1 Å². The van der Waals surface area contributed by atoms with Gasteiger partial charge in [0.1, 0.15) is 0 Å². The van der Waals surface area contributed by atoms with Gasteiger partial charge in [0, 0.05) is 0 Å². The molecule has 0 aliphatic heterocycles. The third-order valence-corrected chi connectivity index (χ3v) is 5.41. The molecule has 1 aromatic carbocycles. The molecule has 0 aromatic heterocycles. The van der Waals surface area contributed by atoms with Crippen LogP contribution in [0.4, 0.5) is 0 Å². The third kappa shape index (κ3) is 3.09. The topological polar surface area (TPSA) is 12.0 Å². The number of benzene rings is 1. The smallest absolute Gasteiger partial charge is 0.00147 e. The van der Waals surface area contributed by atoms with Gasteiger partial charge in [-0.15, -0.1) is 0 Å². The van der Waals surface area contributed by atoms with E-state index in [1.807, 2.05) is 0 Å². The van der Waals surface area contributed by atoms with Crippen molar-refractivity contribution in [3.63, 3.8) is 0 Å². The van der Waals surface area contributed by atoms with Crippen LogP contribution in [0.2, 0.25) is 0 Å². The van der Waals surface area contributed by atoms with Gasteiger partial charge in [0.05, 0.1) is 0 Å². The minimum atomic E-state index is 0.805. The molecule has 0 saturated heterocycles. The molecule has 2 fully saturated rings. The van der Waals surface area contributed by atoms with E-state index in [2.05, 4.69) is 36.5 Å². The Kier molecular flexibility index (Phi) is 4.77. The average molecular weight is 271 g/mol. The van der Waals surface area contributed by atoms with Crippen molar-refractivity contribution in [3.05, 3.63) is 35.4 Å². The van der Waals surface area contributed by atoms with E-state index in [9.17, 15) is 0 Å². The first-order valence-electron chi connectivity index (χ1n) is 8.69. The van der Waals surface area contributed by atoms with Crippen LogP contribution < -0.4 is 5.32 Å². The fraction of sp³-hybridized carbons (Fsp3) is 0.684. The summed E-state index contributed by atoms with van der Waals surface area (Å²) in [6.45, 7) is 4.64. The van der Waals surface area contributed by atoms with Crippen LogP contribution in [0.1, 0.15) is 74.8 Å². The van der Waals surface area contributed by atoms with Gasteiger partial charge in [-0.3, -0.25) is 0 Å². The van der Waals surface area contributed by atoms with Crippen molar-refractivity contribution in [1.29, 1.82) is 0 Å². The van der Waals surface area contributed by atoms with Crippen LogP contribution >= 0.6 is 0 Å². The lowest BCUT2D eigenvalue weighted by Gasteiger charge is -2.27. The fourth-order valence-electron chi connectivity index (χ4n) is 3.97. The first-order chi connectivity index (χ1) is 9.88. The van der Waals surface area contributed by atoms with Crippen LogP contribution in [0.25, 0.3) is 0 Å². The van der Waals surface area contributed by atoms with Crippen molar-refractivity contribution < 1.29 is 0 Å². The van der Waals surface area contributed by atoms with Gasteiger partial charge in [-0.1, -0.05) is 44.0 Å². The van der Waals surface area contributed by atoms with Crippen molar-refractivity contribution in [1.82, 2.24) is 5.32 Å². The zero-order valence-electron chi connectivity index (χ0n) is 12.9. The molecule has 1 N–H and O–H groups in total. The molecular formula is C19H29N. The van der Waals surface area contributed by atoms with Gasteiger partial charge in [0.25, 0.3) is 0 Å². The first-order valence-corrected chi connectivity index (χ1v) is 8.69. The SMILES string of the molecule is CCCNCC1CCCC1c1cccc(C2CCC2)c1. The third-order valence-electron chi connectivity index (χ3n) is 5.41. The van der Waals surface area contributed by atoms with Crippen LogP contribution in [0.3, 0.4) is 0 Å². The summed E-state index contributed by atoms with van der Waals surface area (Å²) >= 11 is 0. The summed E-state index contributed by atoms with van der Waals surface area (Å²) in [5, 5.41) is 3.64. The molecule has 20 heavy (non-hydrogen) atoms. The van der Waals surface area contributed by atoms with Gasteiger partial charge in [0.2, 0.25) is 0 Å². The summed E-state index contributed by atoms with van der Waals surface area (Å²) in [6.07, 6.45) is 9.72. The van der Waals surface area contributed by atoms with Crippen molar-refractivity contribution in [2.45, 2.75) is 63.7 Å². The molecule has 0 amide bonds. The van der Waals surface area contributed by atoms with Gasteiger partial charge >= 0.3 is 0 Å². The highest BCUT2D eigenvalue weighted by molar-refractivity contribution is 5.31. The van der Waals surface area contributed by atoms with E-state index in [0.717, 1.165) is 17.8 Å². The number of hydrogen-bond acceptors (Lipinski definition) is 1. The highest BCUT2D eigenvalue weighted by Gasteiger charge is 2.29. The van der Waals surface area contributed by atoms with E-state index in [1.165, 1.54) is 58.0 Å². The monoisotopic (exact) mass is 271 g/mol. The predicted molar refractivity (Wildman–Crippen MR) is 86.3 cm³/mol. The first kappa shape index (κ1) is 14.1. The maximum Gasteiger partial charge on any atom is -0.00147 e. The van der Waals surface area contributed by atoms with Crippen LogP contribution in [-0.2, 0) is 0 Å². The average Bonchev–Trinajstić information content (AvgIpc) is 2.86. The number of hydrogen-bond donors (Lipinski definition) is 1. The highest BCUT2D eigenvalue weighted by atomic mass is 14.9. The lowest BCUT2D eigenvalue weighted by molar-refractivity contribution is 0.417. The van der Waals surface area contributed by atoms with E-state index in [4.69, 9.17) is 0 Å². The van der Waals surface area contributed by atoms with E-state index in [0.29, 0.717) is 0 Å². The largest absolute Gasteiger partial charge is 0.316 e. The van der Waals surface area contributed by atoms with Crippen molar-refractivity contribution in [3.8, 4) is 0 Å². The maximum absolute atomic E-state index is 3.64. The Bertz CT molecular complexity index is 422. The van der Waals surface area contributed by atoms with Gasteiger partial charge in [0.15, 0.2) is 0 Å². The molecule has 0 bridgehead atoms. The van der Waals surface area contributed by atoms with E-state index in [1.54, 1.807) is 11.1 Å². The van der Waals surface area contributed by atoms with Crippen LogP contribution in [0.15, 0.2) is 24.3 Å². The molecule has 1 aromatic rings. The molecule has 2 saturated carbocycles. The normalized spacial score (nSPS) is 26.6. The minimum Gasteiger partial charge on any atom is -0.316 e. The summed E-state index contributed by atoms with van der Waals surface area (Å²) in [5.74, 6) is 2.53. The van der Waals surface area contributed by atoms with Crippen molar-refractivity contribution in [2.24, 2.45) is 5.92 Å². The molecular weight excluding hydrogens is 242 g/mol. The summed E-state index contributed by atoms with van der Waals surface area (Å²) in [6, 6.07) is 9.57. The molecule has 1 nitrogen and oxygen atoms in total. The number of nitrogens with one attached hydrogen (secondary N) is 1. The van der Waals surface area contributed by atoms with Crippen LogP contribution in [0, 0.1) is 5.92 Å². The number of rotatable bonds is 6. The fourth-order valence-corrected chi connectivity index (χ4v) is 3.97. The van der Waals surface area contributed by atoms with Crippen LogP contribution in [-0.4, -0.2) is 13.1 Å². The zero-order valence-corrected chi connectivity index (χ0v) is 12.9. The molecule has 2 aliphatic rings. The highest BCUT2D eigenvalue weighted by Crippen LogP contribution is 2.42. The molecule has 0 heterocycles. The summed E-state index contributed by atoms with van der Waals surface area (Å²) in [7, 11) is 0. The Balaban J connectivity index is 1.67. The molecule has 1 heteroatoms. The Morgan fingerprint density at radius 1 is 1.05 bits per heavy atom. The standard InChI is InChI=1S/C19H29N/c1-2-12-20-14-18-10-5-11-19(18)17-9-4-8-16(13-17)15-6-3-7-15/h4,8-9,13,15,18-20H,2-3,5-7,10-12,14H2,1H3. The second kappa shape index (κ2) is 6.76. The second-order valence-corrected chi connectivity index (χ2v) is 6.80. The predicted octanol–water partition coefficient (Wildman–Crippen LogP) is 4.84. The molecule has 2 aliphatic carbocycles. The maximum atomic E-state index is 3.64. The van der Waals surface area contributed by atoms with Gasteiger partial charge in [-0.05, 0) is 74.1 Å². The van der Waals surface area contributed by atoms with Gasteiger partial charge in [-0.25, -0.2) is 0 Å². The lowest BCUT2D eigenvalue weighted by Crippen LogP contribution is -2.25. The molecule has 0 spiro atoms.